The Morgan fingerprint density at radius 3 is 1.07 bits per heavy atom. The van der Waals surface area contributed by atoms with E-state index in [9.17, 15) is 34.2 Å². The van der Waals surface area contributed by atoms with Crippen molar-refractivity contribution in [2.24, 2.45) is 0 Å². The Balaban J connectivity index is -0.000000163. The number of hydrogen-bond acceptors (Lipinski definition) is 2. The van der Waals surface area contributed by atoms with Gasteiger partial charge in [-0.3, -0.25) is 4.21 Å². The fourth-order valence-corrected chi connectivity index (χ4v) is 0. The Morgan fingerprint density at radius 2 is 1.07 bits per heavy atom. The molecule has 0 heterocycles. The largest absolute Gasteiger partial charge is 1.00 e. The predicted molar refractivity (Wildman–Crippen MR) is 27.4 cm³/mol. The summed E-state index contributed by atoms with van der Waals surface area (Å²) in [6.07, 6.45) is 0. The minimum atomic E-state index is -8.55. The van der Waals surface area contributed by atoms with E-state index in [2.05, 4.69) is 0 Å². The fourth-order valence-electron chi connectivity index (χ4n) is 0. The van der Waals surface area contributed by atoms with Crippen molar-refractivity contribution in [1.29, 1.82) is 0 Å². The van der Waals surface area contributed by atoms with Crippen LogP contribution in [-0.2, 0) is 11.1 Å². The van der Waals surface area contributed by atoms with Crippen molar-refractivity contribution >= 4 is 19.2 Å². The van der Waals surface area contributed by atoms with E-state index in [4.69, 9.17) is 8.76 Å². The second kappa shape index (κ2) is 5.60. The Labute approximate surface area is 87.0 Å². The van der Waals surface area contributed by atoms with E-state index < -0.39 is 24.7 Å². The van der Waals surface area contributed by atoms with Crippen LogP contribution in [0.1, 0.15) is 0 Å². The van der Waals surface area contributed by atoms with Gasteiger partial charge in [-0.2, -0.15) is 13.2 Å². The van der Waals surface area contributed by atoms with E-state index in [0.717, 1.165) is 0 Å². The van der Waals surface area contributed by atoms with E-state index in [1.807, 2.05) is 0 Å². The first-order chi connectivity index (χ1) is 5.18. The van der Waals surface area contributed by atoms with Gasteiger partial charge in [0, 0.05) is 0 Å². The summed E-state index contributed by atoms with van der Waals surface area (Å²) in [5.74, 6) is 0. The van der Waals surface area contributed by atoms with E-state index in [1.165, 1.54) is 0 Å². The first-order valence-electron chi connectivity index (χ1n) is 1.95. The molecule has 0 spiro atoms. The van der Waals surface area contributed by atoms with Crippen LogP contribution >= 0.6 is 8.16 Å². The van der Waals surface area contributed by atoms with E-state index >= 15 is 0 Å². The van der Waals surface area contributed by atoms with Crippen molar-refractivity contribution in [3.05, 3.63) is 0 Å². The topological polar surface area (TPSA) is 40.1 Å². The van der Waals surface area contributed by atoms with Gasteiger partial charge in [0.2, 0.25) is 0 Å². The first kappa shape index (κ1) is 20.0. The van der Waals surface area contributed by atoms with Gasteiger partial charge >= 0.3 is 53.5 Å². The van der Waals surface area contributed by atoms with Crippen LogP contribution in [0.5, 0.6) is 0 Å². The van der Waals surface area contributed by atoms with Gasteiger partial charge in [-0.05, 0) is 0 Å². The van der Waals surface area contributed by atoms with Gasteiger partial charge in [-0.25, -0.2) is 0 Å². The van der Waals surface area contributed by atoms with Gasteiger partial charge in [0.25, 0.3) is 0 Å². The molecule has 0 aliphatic carbocycles. The molecule has 0 bridgehead atoms. The SMILES string of the molecule is FP(F)(F)(F)F.O=S([O-])C(F)(F)F.[Li+]. The molecule has 0 aliphatic rings. The van der Waals surface area contributed by atoms with Crippen LogP contribution in [0.2, 0.25) is 0 Å². The molecule has 0 aliphatic heterocycles. The summed E-state index contributed by atoms with van der Waals surface area (Å²) < 4.78 is 98.7. The number of rotatable bonds is 0. The molecule has 0 aromatic carbocycles. The van der Waals surface area contributed by atoms with Gasteiger partial charge in [-0.15, -0.1) is 0 Å². The standard InChI is InChI=1S/CHF3O2S.F5P.Li/c2-1(3,4)7(5)6;1-6(2,3,4)5;/h(H,5,6);;/q;;+1/p-1. The molecule has 0 fully saturated rings. The molecule has 0 saturated carbocycles. The minimum absolute atomic E-state index is 0. The predicted octanol–water partition coefficient (Wildman–Crippen LogP) is 0.351. The Kier molecular flexibility index (Phi) is 8.03. The summed E-state index contributed by atoms with van der Waals surface area (Å²) >= 11 is -3.93. The molecule has 0 aromatic heterocycles. The molecule has 0 amide bonds. The van der Waals surface area contributed by atoms with Gasteiger partial charge < -0.3 is 4.55 Å². The average Bonchev–Trinajstić information content (AvgIpc) is 1.52. The number of alkyl halides is 3. The Hall–Kier alpha value is 0.577. The molecule has 14 heavy (non-hydrogen) atoms. The zero-order chi connectivity index (χ0) is 11.5. The minimum Gasteiger partial charge on any atom is -0.766 e. The molecular weight excluding hydrogens is 266 g/mol. The van der Waals surface area contributed by atoms with Crippen LogP contribution < -0.4 is 18.9 Å². The maximum Gasteiger partial charge on any atom is 1.00 e. The summed E-state index contributed by atoms with van der Waals surface area (Å²) in [6.45, 7) is 0. The molecule has 0 N–H and O–H groups in total. The number of halogens is 8. The van der Waals surface area contributed by atoms with Crippen molar-refractivity contribution < 1.29 is 61.8 Å². The molecular formula is CF8LiO2PS. The second-order valence-corrected chi connectivity index (χ2v) is 3.53. The van der Waals surface area contributed by atoms with E-state index in [1.54, 1.807) is 0 Å². The van der Waals surface area contributed by atoms with Crippen LogP contribution in [0, 0.1) is 0 Å². The van der Waals surface area contributed by atoms with Crippen LogP contribution in [0.4, 0.5) is 34.2 Å². The Bertz CT molecular complexity index is 177. The normalized spacial score (nSPS) is 16.5. The molecule has 84 valence electrons. The zero-order valence-electron chi connectivity index (χ0n) is 6.20. The third kappa shape index (κ3) is 39.0. The van der Waals surface area contributed by atoms with Gasteiger partial charge in [0.05, 0.1) is 11.1 Å². The molecule has 2 nitrogen and oxygen atoms in total. The quantitative estimate of drug-likeness (QED) is 0.275. The molecule has 0 aromatic rings. The van der Waals surface area contributed by atoms with Gasteiger partial charge in [0.15, 0.2) is 0 Å². The summed E-state index contributed by atoms with van der Waals surface area (Å²) in [5.41, 5.74) is -5.08. The Morgan fingerprint density at radius 1 is 1.00 bits per heavy atom. The van der Waals surface area contributed by atoms with Crippen molar-refractivity contribution in [3.63, 3.8) is 0 Å². The molecule has 1 atom stereocenters. The van der Waals surface area contributed by atoms with E-state index in [0.29, 0.717) is 0 Å². The van der Waals surface area contributed by atoms with Crippen LogP contribution in [-0.4, -0.2) is 14.3 Å². The summed E-state index contributed by atoms with van der Waals surface area (Å²) in [5, 5.41) is 0. The van der Waals surface area contributed by atoms with E-state index in [-0.39, 0.29) is 18.9 Å². The van der Waals surface area contributed by atoms with Crippen molar-refractivity contribution in [2.45, 2.75) is 5.51 Å². The molecule has 0 radical (unpaired) electrons. The number of hydrogen-bond donors (Lipinski definition) is 0. The molecule has 0 saturated heterocycles. The monoisotopic (exact) mass is 266 g/mol. The summed E-state index contributed by atoms with van der Waals surface area (Å²) in [6, 6.07) is 0. The van der Waals surface area contributed by atoms with Crippen LogP contribution in [0.3, 0.4) is 0 Å². The smallest absolute Gasteiger partial charge is 0.766 e. The molecule has 0 rings (SSSR count). The van der Waals surface area contributed by atoms with Crippen molar-refractivity contribution in [1.82, 2.24) is 0 Å². The maximum absolute atomic E-state index is 10.6. The van der Waals surface area contributed by atoms with Crippen molar-refractivity contribution in [2.75, 3.05) is 0 Å². The second-order valence-electron chi connectivity index (χ2n) is 1.32. The molecule has 1 unspecified atom stereocenters. The van der Waals surface area contributed by atoms with Crippen molar-refractivity contribution in [3.8, 4) is 0 Å². The maximum atomic E-state index is 10.6. The third-order valence-corrected chi connectivity index (χ3v) is 0.567. The van der Waals surface area contributed by atoms with Crippen LogP contribution in [0.25, 0.3) is 0 Å². The fraction of sp³-hybridized carbons (Fsp3) is 1.00. The summed E-state index contributed by atoms with van der Waals surface area (Å²) in [4.78, 5) is 0. The average molecular weight is 266 g/mol. The molecule has 13 heteroatoms. The third-order valence-electron chi connectivity index (χ3n) is 0.189. The first-order valence-corrected chi connectivity index (χ1v) is 4.71. The summed E-state index contributed by atoms with van der Waals surface area (Å²) in [7, 11) is -8.55. The van der Waals surface area contributed by atoms with Crippen LogP contribution in [0.15, 0.2) is 0 Å². The van der Waals surface area contributed by atoms with Gasteiger partial charge in [0.1, 0.15) is 0 Å². The zero-order valence-corrected chi connectivity index (χ0v) is 7.91. The van der Waals surface area contributed by atoms with Gasteiger partial charge in [-0.1, -0.05) is 0 Å².